The zero-order valence-corrected chi connectivity index (χ0v) is 12.5. The van der Waals surface area contributed by atoms with Gasteiger partial charge in [-0.2, -0.15) is 0 Å². The fourth-order valence-electron chi connectivity index (χ4n) is 2.52. The normalized spacial score (nSPS) is 20.9. The van der Waals surface area contributed by atoms with E-state index in [1.54, 1.807) is 6.07 Å². The van der Waals surface area contributed by atoms with Crippen LogP contribution in [0.25, 0.3) is 0 Å². The second-order valence-corrected chi connectivity index (χ2v) is 5.70. The standard InChI is InChI=1S/C15H24N4O/c1-11-4-5-13(14(16)8-11)15(20)17-9-12-10-18(2)6-7-19(12)3/h4-5,8,12H,6-7,9-10,16H2,1-3H3,(H,17,20). The summed E-state index contributed by atoms with van der Waals surface area (Å²) in [6.45, 7) is 5.69. The third-order valence-electron chi connectivity index (χ3n) is 3.93. The highest BCUT2D eigenvalue weighted by Gasteiger charge is 2.22. The smallest absolute Gasteiger partial charge is 0.253 e. The molecule has 0 saturated carbocycles. The topological polar surface area (TPSA) is 61.6 Å². The number of likely N-dealkylation sites (N-methyl/N-ethyl adjacent to an activating group) is 2. The average Bonchev–Trinajstić information content (AvgIpc) is 2.39. The molecule has 20 heavy (non-hydrogen) atoms. The largest absolute Gasteiger partial charge is 0.398 e. The maximum absolute atomic E-state index is 12.2. The maximum atomic E-state index is 12.2. The molecule has 5 heteroatoms. The number of nitrogens with one attached hydrogen (secondary N) is 1. The van der Waals surface area contributed by atoms with Gasteiger partial charge in [0, 0.05) is 37.9 Å². The molecule has 1 aromatic rings. The fourth-order valence-corrected chi connectivity index (χ4v) is 2.52. The van der Waals surface area contributed by atoms with Crippen molar-refractivity contribution in [2.24, 2.45) is 0 Å². The van der Waals surface area contributed by atoms with Crippen molar-refractivity contribution in [3.63, 3.8) is 0 Å². The van der Waals surface area contributed by atoms with E-state index in [0.717, 1.165) is 25.2 Å². The van der Waals surface area contributed by atoms with Crippen molar-refractivity contribution < 1.29 is 4.79 Å². The van der Waals surface area contributed by atoms with Crippen LogP contribution >= 0.6 is 0 Å². The number of hydrogen-bond acceptors (Lipinski definition) is 4. The van der Waals surface area contributed by atoms with Crippen LogP contribution in [0, 0.1) is 6.92 Å². The third kappa shape index (κ3) is 3.49. The first-order valence-corrected chi connectivity index (χ1v) is 7.00. The summed E-state index contributed by atoms with van der Waals surface area (Å²) in [5.41, 5.74) is 8.06. The molecule has 1 aromatic carbocycles. The van der Waals surface area contributed by atoms with Gasteiger partial charge in [0.1, 0.15) is 0 Å². The number of nitrogens with zero attached hydrogens (tertiary/aromatic N) is 2. The van der Waals surface area contributed by atoms with Crippen molar-refractivity contribution in [3.8, 4) is 0 Å². The van der Waals surface area contributed by atoms with Gasteiger partial charge in [-0.1, -0.05) is 6.07 Å². The molecular weight excluding hydrogens is 252 g/mol. The molecule has 5 nitrogen and oxygen atoms in total. The van der Waals surface area contributed by atoms with E-state index in [1.807, 2.05) is 19.1 Å². The Hall–Kier alpha value is -1.59. The Morgan fingerprint density at radius 1 is 1.40 bits per heavy atom. The van der Waals surface area contributed by atoms with Crippen LogP contribution in [0.15, 0.2) is 18.2 Å². The second-order valence-electron chi connectivity index (χ2n) is 5.70. The number of rotatable bonds is 3. The Labute approximate surface area is 120 Å². The molecule has 2 rings (SSSR count). The number of aryl methyl sites for hydroxylation is 1. The lowest BCUT2D eigenvalue weighted by Gasteiger charge is -2.37. The number of hydrogen-bond donors (Lipinski definition) is 2. The summed E-state index contributed by atoms with van der Waals surface area (Å²) in [5, 5.41) is 2.99. The van der Waals surface area contributed by atoms with E-state index in [4.69, 9.17) is 5.73 Å². The molecule has 1 fully saturated rings. The fraction of sp³-hybridized carbons (Fsp3) is 0.533. The van der Waals surface area contributed by atoms with Gasteiger partial charge in [-0.15, -0.1) is 0 Å². The monoisotopic (exact) mass is 276 g/mol. The van der Waals surface area contributed by atoms with Crippen LogP contribution in [-0.2, 0) is 0 Å². The summed E-state index contributed by atoms with van der Waals surface area (Å²) in [7, 11) is 4.21. The van der Waals surface area contributed by atoms with Crippen LogP contribution in [0.1, 0.15) is 15.9 Å². The Bertz CT molecular complexity index is 489. The van der Waals surface area contributed by atoms with Crippen molar-refractivity contribution in [2.75, 3.05) is 46.0 Å². The molecule has 0 aromatic heterocycles. The van der Waals surface area contributed by atoms with Crippen LogP contribution in [0.2, 0.25) is 0 Å². The molecule has 1 aliphatic rings. The number of benzene rings is 1. The Morgan fingerprint density at radius 3 is 2.85 bits per heavy atom. The van der Waals surface area contributed by atoms with E-state index < -0.39 is 0 Å². The molecule has 0 radical (unpaired) electrons. The Balaban J connectivity index is 1.94. The van der Waals surface area contributed by atoms with Crippen molar-refractivity contribution in [2.45, 2.75) is 13.0 Å². The van der Waals surface area contributed by atoms with E-state index >= 15 is 0 Å². The predicted molar refractivity (Wildman–Crippen MR) is 81.8 cm³/mol. The number of amides is 1. The summed E-state index contributed by atoms with van der Waals surface area (Å²) < 4.78 is 0. The van der Waals surface area contributed by atoms with Crippen LogP contribution in [0.3, 0.4) is 0 Å². The highest BCUT2D eigenvalue weighted by atomic mass is 16.1. The zero-order chi connectivity index (χ0) is 14.7. The molecule has 1 heterocycles. The number of anilines is 1. The van der Waals surface area contributed by atoms with Crippen LogP contribution in [0.5, 0.6) is 0 Å². The maximum Gasteiger partial charge on any atom is 0.253 e. The van der Waals surface area contributed by atoms with Crippen LogP contribution in [0.4, 0.5) is 5.69 Å². The Kier molecular flexibility index (Phi) is 4.62. The van der Waals surface area contributed by atoms with E-state index in [2.05, 4.69) is 29.2 Å². The number of carbonyl (C=O) groups excluding carboxylic acids is 1. The Morgan fingerprint density at radius 2 is 2.15 bits per heavy atom. The molecule has 1 atom stereocenters. The molecule has 1 amide bonds. The molecule has 110 valence electrons. The van der Waals surface area contributed by atoms with Crippen molar-refractivity contribution in [3.05, 3.63) is 29.3 Å². The summed E-state index contributed by atoms with van der Waals surface area (Å²) in [6, 6.07) is 5.88. The molecule has 0 spiro atoms. The molecule has 0 aliphatic carbocycles. The van der Waals surface area contributed by atoms with Gasteiger partial charge in [-0.3, -0.25) is 9.69 Å². The molecular formula is C15H24N4O. The lowest BCUT2D eigenvalue weighted by atomic mass is 10.1. The van der Waals surface area contributed by atoms with Crippen molar-refractivity contribution in [1.82, 2.24) is 15.1 Å². The number of piperazine rings is 1. The number of nitrogens with two attached hydrogens (primary N) is 1. The van der Waals surface area contributed by atoms with Crippen molar-refractivity contribution >= 4 is 11.6 Å². The minimum absolute atomic E-state index is 0.0934. The van der Waals surface area contributed by atoms with Gasteiger partial charge in [0.15, 0.2) is 0 Å². The first kappa shape index (κ1) is 14.8. The molecule has 0 bridgehead atoms. The lowest BCUT2D eigenvalue weighted by molar-refractivity contribution is 0.0882. The highest BCUT2D eigenvalue weighted by molar-refractivity contribution is 5.99. The van der Waals surface area contributed by atoms with E-state index in [0.29, 0.717) is 23.8 Å². The SMILES string of the molecule is Cc1ccc(C(=O)NCC2CN(C)CCN2C)c(N)c1. The van der Waals surface area contributed by atoms with Crippen LogP contribution < -0.4 is 11.1 Å². The summed E-state index contributed by atoms with van der Waals surface area (Å²) in [5.74, 6) is -0.0934. The molecule has 1 unspecified atom stereocenters. The zero-order valence-electron chi connectivity index (χ0n) is 12.5. The van der Waals surface area contributed by atoms with E-state index in [1.165, 1.54) is 0 Å². The average molecular weight is 276 g/mol. The number of carbonyl (C=O) groups is 1. The minimum Gasteiger partial charge on any atom is -0.398 e. The van der Waals surface area contributed by atoms with Gasteiger partial charge < -0.3 is 16.0 Å². The molecule has 1 saturated heterocycles. The molecule has 3 N–H and O–H groups in total. The third-order valence-corrected chi connectivity index (χ3v) is 3.93. The summed E-state index contributed by atoms with van der Waals surface area (Å²) in [4.78, 5) is 16.8. The van der Waals surface area contributed by atoms with Gasteiger partial charge in [-0.05, 0) is 38.7 Å². The van der Waals surface area contributed by atoms with Gasteiger partial charge in [0.2, 0.25) is 0 Å². The van der Waals surface area contributed by atoms with Gasteiger partial charge >= 0.3 is 0 Å². The summed E-state index contributed by atoms with van der Waals surface area (Å²) >= 11 is 0. The van der Waals surface area contributed by atoms with Gasteiger partial charge in [0.05, 0.1) is 5.56 Å². The lowest BCUT2D eigenvalue weighted by Crippen LogP contribution is -2.54. The van der Waals surface area contributed by atoms with Crippen LogP contribution in [-0.4, -0.2) is 62.0 Å². The highest BCUT2D eigenvalue weighted by Crippen LogP contribution is 2.13. The predicted octanol–water partition coefficient (Wildman–Crippen LogP) is 0.553. The summed E-state index contributed by atoms with van der Waals surface area (Å²) in [6.07, 6.45) is 0. The van der Waals surface area contributed by atoms with E-state index in [9.17, 15) is 4.79 Å². The van der Waals surface area contributed by atoms with Crippen molar-refractivity contribution in [1.29, 1.82) is 0 Å². The first-order chi connectivity index (χ1) is 9.47. The van der Waals surface area contributed by atoms with E-state index in [-0.39, 0.29) is 5.91 Å². The van der Waals surface area contributed by atoms with Gasteiger partial charge in [0.25, 0.3) is 5.91 Å². The van der Waals surface area contributed by atoms with Gasteiger partial charge in [-0.25, -0.2) is 0 Å². The minimum atomic E-state index is -0.0934. The quantitative estimate of drug-likeness (QED) is 0.792. The molecule has 1 aliphatic heterocycles. The number of nitrogen functional groups attached to an aromatic ring is 1. The second kappa shape index (κ2) is 6.24. The first-order valence-electron chi connectivity index (χ1n) is 7.00.